The van der Waals surface area contributed by atoms with Gasteiger partial charge in [-0.05, 0) is 44.0 Å². The van der Waals surface area contributed by atoms with Crippen molar-refractivity contribution in [3.63, 3.8) is 0 Å². The molecule has 0 amide bonds. The van der Waals surface area contributed by atoms with Gasteiger partial charge in [0.05, 0.1) is 11.6 Å². The van der Waals surface area contributed by atoms with Crippen molar-refractivity contribution in [2.24, 2.45) is 0 Å². The first kappa shape index (κ1) is 16.3. The molecule has 2 heterocycles. The molecule has 0 saturated carbocycles. The average molecular weight is 340 g/mol. The number of halogens is 2. The maximum Gasteiger partial charge on any atom is 0.150 e. The van der Waals surface area contributed by atoms with E-state index in [-0.39, 0.29) is 6.04 Å². The van der Waals surface area contributed by atoms with E-state index in [0.29, 0.717) is 10.9 Å². The standard InChI is InChI=1S/C21H22F2N2/c1-14-5-7-15(8-6-14)13-25-9-3-2-4-20(25)19-11-16-10-17(22)12-18(23)21(16)24-19/h5-8,10-12,20,24H,2-4,9,13H2,1H3. The minimum atomic E-state index is -0.532. The molecule has 1 atom stereocenters. The Morgan fingerprint density at radius 3 is 2.68 bits per heavy atom. The number of piperidine rings is 1. The van der Waals surface area contributed by atoms with Gasteiger partial charge in [-0.2, -0.15) is 0 Å². The van der Waals surface area contributed by atoms with Crippen molar-refractivity contribution < 1.29 is 8.78 Å². The zero-order chi connectivity index (χ0) is 17.4. The predicted molar refractivity (Wildman–Crippen MR) is 96.4 cm³/mol. The molecule has 3 aromatic rings. The fourth-order valence-corrected chi connectivity index (χ4v) is 3.83. The van der Waals surface area contributed by atoms with Crippen molar-refractivity contribution in [2.45, 2.75) is 38.8 Å². The largest absolute Gasteiger partial charge is 0.355 e. The van der Waals surface area contributed by atoms with E-state index in [0.717, 1.165) is 37.7 Å². The smallest absolute Gasteiger partial charge is 0.150 e. The highest BCUT2D eigenvalue weighted by Crippen LogP contribution is 2.34. The first-order valence-electron chi connectivity index (χ1n) is 8.87. The lowest BCUT2D eigenvalue weighted by Gasteiger charge is -2.35. The summed E-state index contributed by atoms with van der Waals surface area (Å²) in [6.07, 6.45) is 3.36. The van der Waals surface area contributed by atoms with E-state index in [1.807, 2.05) is 6.07 Å². The molecule has 25 heavy (non-hydrogen) atoms. The molecule has 1 unspecified atom stereocenters. The molecule has 1 fully saturated rings. The van der Waals surface area contributed by atoms with E-state index in [9.17, 15) is 8.78 Å². The van der Waals surface area contributed by atoms with Gasteiger partial charge in [-0.25, -0.2) is 8.78 Å². The maximum atomic E-state index is 14.0. The summed E-state index contributed by atoms with van der Waals surface area (Å²) in [7, 11) is 0. The second-order valence-electron chi connectivity index (χ2n) is 7.04. The molecule has 1 aliphatic heterocycles. The van der Waals surface area contributed by atoms with Gasteiger partial charge in [0.2, 0.25) is 0 Å². The predicted octanol–water partition coefficient (Wildman–Crippen LogP) is 5.48. The van der Waals surface area contributed by atoms with Crippen LogP contribution >= 0.6 is 0 Å². The number of hydrogen-bond acceptors (Lipinski definition) is 1. The van der Waals surface area contributed by atoms with Gasteiger partial charge in [0, 0.05) is 23.7 Å². The van der Waals surface area contributed by atoms with Gasteiger partial charge < -0.3 is 4.98 Å². The molecule has 0 aliphatic carbocycles. The highest BCUT2D eigenvalue weighted by atomic mass is 19.1. The van der Waals surface area contributed by atoms with E-state index in [2.05, 4.69) is 41.1 Å². The third-order valence-corrected chi connectivity index (χ3v) is 5.14. The molecule has 0 bridgehead atoms. The van der Waals surface area contributed by atoms with E-state index in [4.69, 9.17) is 0 Å². The van der Waals surface area contributed by atoms with E-state index >= 15 is 0 Å². The molecule has 4 heteroatoms. The van der Waals surface area contributed by atoms with Crippen molar-refractivity contribution in [3.8, 4) is 0 Å². The van der Waals surface area contributed by atoms with Crippen LogP contribution in [0.15, 0.2) is 42.5 Å². The normalized spacial score (nSPS) is 18.8. The minimum Gasteiger partial charge on any atom is -0.355 e. The zero-order valence-corrected chi connectivity index (χ0v) is 14.4. The van der Waals surface area contributed by atoms with Gasteiger partial charge in [-0.1, -0.05) is 36.2 Å². The summed E-state index contributed by atoms with van der Waals surface area (Å²) in [5.41, 5.74) is 3.92. The number of H-pyrrole nitrogens is 1. The highest BCUT2D eigenvalue weighted by molar-refractivity contribution is 5.81. The molecular formula is C21H22F2N2. The van der Waals surface area contributed by atoms with E-state index in [1.165, 1.54) is 23.6 Å². The van der Waals surface area contributed by atoms with Gasteiger partial charge in [0.1, 0.15) is 11.6 Å². The van der Waals surface area contributed by atoms with Crippen LogP contribution in [-0.2, 0) is 6.54 Å². The molecule has 2 nitrogen and oxygen atoms in total. The van der Waals surface area contributed by atoms with E-state index in [1.54, 1.807) is 0 Å². The molecule has 1 saturated heterocycles. The van der Waals surface area contributed by atoms with Gasteiger partial charge in [0.25, 0.3) is 0 Å². The summed E-state index contributed by atoms with van der Waals surface area (Å²) in [4.78, 5) is 5.64. The van der Waals surface area contributed by atoms with Crippen LogP contribution in [0.2, 0.25) is 0 Å². The highest BCUT2D eigenvalue weighted by Gasteiger charge is 2.26. The second-order valence-corrected chi connectivity index (χ2v) is 7.04. The molecule has 130 valence electrons. The Balaban J connectivity index is 1.64. The summed E-state index contributed by atoms with van der Waals surface area (Å²) >= 11 is 0. The third kappa shape index (κ3) is 3.31. The Labute approximate surface area is 146 Å². The lowest BCUT2D eigenvalue weighted by Crippen LogP contribution is -2.33. The first-order chi connectivity index (χ1) is 12.1. The number of rotatable bonds is 3. The van der Waals surface area contributed by atoms with Crippen molar-refractivity contribution in [2.75, 3.05) is 6.54 Å². The number of benzene rings is 2. The summed E-state index contributed by atoms with van der Waals surface area (Å²) in [5.74, 6) is -1.06. The van der Waals surface area contributed by atoms with Gasteiger partial charge in [-0.15, -0.1) is 0 Å². The lowest BCUT2D eigenvalue weighted by molar-refractivity contribution is 0.138. The monoisotopic (exact) mass is 340 g/mol. The molecule has 0 radical (unpaired) electrons. The Kier molecular flexibility index (Phi) is 4.30. The van der Waals surface area contributed by atoms with Gasteiger partial charge >= 0.3 is 0 Å². The van der Waals surface area contributed by atoms with Crippen molar-refractivity contribution in [3.05, 3.63) is 70.9 Å². The fourth-order valence-electron chi connectivity index (χ4n) is 3.83. The number of aromatic amines is 1. The Morgan fingerprint density at radius 2 is 1.88 bits per heavy atom. The molecule has 2 aromatic carbocycles. The number of nitrogens with one attached hydrogen (secondary N) is 1. The van der Waals surface area contributed by atoms with Crippen LogP contribution < -0.4 is 0 Å². The molecule has 1 aromatic heterocycles. The van der Waals surface area contributed by atoms with Crippen LogP contribution in [0.3, 0.4) is 0 Å². The van der Waals surface area contributed by atoms with Crippen LogP contribution in [0.1, 0.15) is 42.1 Å². The Bertz CT molecular complexity index is 883. The molecular weight excluding hydrogens is 318 g/mol. The Morgan fingerprint density at radius 1 is 1.08 bits per heavy atom. The fraction of sp³-hybridized carbons (Fsp3) is 0.333. The first-order valence-corrected chi connectivity index (χ1v) is 8.87. The van der Waals surface area contributed by atoms with Crippen molar-refractivity contribution >= 4 is 10.9 Å². The third-order valence-electron chi connectivity index (χ3n) is 5.14. The lowest BCUT2D eigenvalue weighted by atomic mass is 9.98. The minimum absolute atomic E-state index is 0.213. The van der Waals surface area contributed by atoms with E-state index < -0.39 is 11.6 Å². The summed E-state index contributed by atoms with van der Waals surface area (Å²) in [6.45, 7) is 3.98. The molecule has 1 N–H and O–H groups in total. The summed E-state index contributed by atoms with van der Waals surface area (Å²) in [6, 6.07) is 13.1. The topological polar surface area (TPSA) is 19.0 Å². The number of likely N-dealkylation sites (tertiary alicyclic amines) is 1. The molecule has 0 spiro atoms. The average Bonchev–Trinajstić information content (AvgIpc) is 3.01. The Hall–Kier alpha value is -2.20. The summed E-state index contributed by atoms with van der Waals surface area (Å²) < 4.78 is 27.5. The molecule has 4 rings (SSSR count). The zero-order valence-electron chi connectivity index (χ0n) is 14.4. The maximum absolute atomic E-state index is 14.0. The van der Waals surface area contributed by atoms with Crippen LogP contribution in [0.5, 0.6) is 0 Å². The number of aromatic nitrogens is 1. The quantitative estimate of drug-likeness (QED) is 0.669. The van der Waals surface area contributed by atoms with Crippen molar-refractivity contribution in [1.82, 2.24) is 9.88 Å². The van der Waals surface area contributed by atoms with Gasteiger partial charge in [0.15, 0.2) is 0 Å². The van der Waals surface area contributed by atoms with Crippen molar-refractivity contribution in [1.29, 1.82) is 0 Å². The molecule has 1 aliphatic rings. The number of aryl methyl sites for hydroxylation is 1. The number of fused-ring (bicyclic) bond motifs is 1. The van der Waals surface area contributed by atoms with Crippen LogP contribution in [0, 0.1) is 18.6 Å². The summed E-state index contributed by atoms with van der Waals surface area (Å²) in [5, 5.41) is 0.605. The van der Waals surface area contributed by atoms with Crippen LogP contribution in [0.25, 0.3) is 10.9 Å². The SMILES string of the molecule is Cc1ccc(CN2CCCCC2c2cc3cc(F)cc(F)c3[nH]2)cc1. The van der Waals surface area contributed by atoms with Crippen LogP contribution in [0.4, 0.5) is 8.78 Å². The van der Waals surface area contributed by atoms with Gasteiger partial charge in [-0.3, -0.25) is 4.90 Å². The van der Waals surface area contributed by atoms with Crippen LogP contribution in [-0.4, -0.2) is 16.4 Å². The number of nitrogens with zero attached hydrogens (tertiary/aromatic N) is 1. The second kappa shape index (κ2) is 6.60. The number of hydrogen-bond donors (Lipinski definition) is 1.